The standard InChI is InChI=1S/C47H28N4S.C45H26N4S/c1-2-13-29(14-3-1)30-15-10-16-31(27-30)43-38-23-12-26-48-47(38)50-46(49-43)32-17-11-18-33(28-32)51-39-24-8-6-21-36(39)41-34-19-4-5-20-35(34)45-42(44(41)51)37-22-7-9-25-40(37)52-45;1-2-16-30-27(12-1)13-10-21-32(30)41-36-22-11-25-46-45(36)48-44(47-41)28-14-9-15-29(26-28)49-37-23-7-5-19-34(37)39-31-17-3-4-18-33(31)43-40(42(39)49)35-20-6-8-24-38(35)50-43/h1-28H;1-26H. The van der Waals surface area contributed by atoms with Crippen LogP contribution < -0.4 is 0 Å². The molecular formula is C92H54N8S2. The van der Waals surface area contributed by atoms with E-state index in [0.717, 1.165) is 66.7 Å². The minimum Gasteiger partial charge on any atom is -0.309 e. The summed E-state index contributed by atoms with van der Waals surface area (Å²) in [4.78, 5) is 30.1. The maximum atomic E-state index is 5.30. The quantitative estimate of drug-likeness (QED) is 0.158. The average molecular weight is 1340 g/mol. The number of pyridine rings is 2. The van der Waals surface area contributed by atoms with Gasteiger partial charge in [-0.15, -0.1) is 22.7 Å². The van der Waals surface area contributed by atoms with E-state index < -0.39 is 0 Å². The van der Waals surface area contributed by atoms with Crippen LogP contribution in [0.5, 0.6) is 0 Å². The molecule has 8 aromatic heterocycles. The average Bonchev–Trinajstić information content (AvgIpc) is 1.54. The molecule has 14 aromatic carbocycles. The Morgan fingerprint density at radius 2 is 0.667 bits per heavy atom. The van der Waals surface area contributed by atoms with E-state index in [-0.39, 0.29) is 0 Å². The van der Waals surface area contributed by atoms with E-state index in [1.807, 2.05) is 40.9 Å². The highest BCUT2D eigenvalue weighted by Crippen LogP contribution is 2.51. The number of hydrogen-bond donors (Lipinski definition) is 0. The first-order valence-electron chi connectivity index (χ1n) is 34.2. The maximum Gasteiger partial charge on any atom is 0.163 e. The zero-order valence-corrected chi connectivity index (χ0v) is 56.2. The van der Waals surface area contributed by atoms with E-state index in [1.54, 1.807) is 12.4 Å². The minimum absolute atomic E-state index is 0.644. The van der Waals surface area contributed by atoms with Gasteiger partial charge in [-0.3, -0.25) is 0 Å². The maximum absolute atomic E-state index is 5.30. The highest BCUT2D eigenvalue weighted by atomic mass is 32.1. The van der Waals surface area contributed by atoms with Gasteiger partial charge in [0, 0.05) is 129 Å². The largest absolute Gasteiger partial charge is 0.309 e. The van der Waals surface area contributed by atoms with Crippen molar-refractivity contribution in [2.24, 2.45) is 0 Å². The molecule has 0 N–H and O–H groups in total. The van der Waals surface area contributed by atoms with Crippen molar-refractivity contribution in [1.82, 2.24) is 39.0 Å². The Balaban J connectivity index is 0.000000133. The van der Waals surface area contributed by atoms with Crippen LogP contribution in [-0.2, 0) is 0 Å². The molecule has 102 heavy (non-hydrogen) atoms. The molecule has 474 valence electrons. The number of fused-ring (bicyclic) bond motifs is 23. The molecule has 8 heterocycles. The van der Waals surface area contributed by atoms with Crippen LogP contribution in [0.25, 0.3) is 206 Å². The van der Waals surface area contributed by atoms with Gasteiger partial charge in [-0.05, 0) is 112 Å². The molecule has 0 fully saturated rings. The predicted octanol–water partition coefficient (Wildman–Crippen LogP) is 24.8. The second kappa shape index (κ2) is 23.3. The number of para-hydroxylation sites is 2. The molecule has 0 radical (unpaired) electrons. The number of hydrogen-bond acceptors (Lipinski definition) is 8. The number of nitrogens with zero attached hydrogens (tertiary/aromatic N) is 8. The Morgan fingerprint density at radius 3 is 1.25 bits per heavy atom. The second-order valence-corrected chi connectivity index (χ2v) is 28.1. The van der Waals surface area contributed by atoms with E-state index in [4.69, 9.17) is 29.9 Å². The van der Waals surface area contributed by atoms with Crippen LogP contribution in [0.15, 0.2) is 328 Å². The molecule has 0 atom stereocenters. The molecule has 10 heteroatoms. The predicted molar refractivity (Wildman–Crippen MR) is 429 cm³/mol. The van der Waals surface area contributed by atoms with Crippen LogP contribution in [0, 0.1) is 0 Å². The number of rotatable bonds is 7. The molecule has 0 spiro atoms. The summed E-state index contributed by atoms with van der Waals surface area (Å²) in [5.41, 5.74) is 16.3. The lowest BCUT2D eigenvalue weighted by atomic mass is 9.99. The summed E-state index contributed by atoms with van der Waals surface area (Å²) < 4.78 is 10.1. The monoisotopic (exact) mass is 1330 g/mol. The first-order valence-corrected chi connectivity index (χ1v) is 35.9. The summed E-state index contributed by atoms with van der Waals surface area (Å²) in [6, 6.07) is 112. The molecule has 0 unspecified atom stereocenters. The minimum atomic E-state index is 0.644. The fourth-order valence-electron chi connectivity index (χ4n) is 15.9. The Kier molecular flexibility index (Phi) is 13.2. The second-order valence-electron chi connectivity index (χ2n) is 26.0. The van der Waals surface area contributed by atoms with Crippen molar-refractivity contribution in [3.63, 3.8) is 0 Å². The summed E-state index contributed by atoms with van der Waals surface area (Å²) >= 11 is 3.76. The molecule has 0 saturated heterocycles. The van der Waals surface area contributed by atoms with E-state index in [0.29, 0.717) is 22.9 Å². The van der Waals surface area contributed by atoms with Crippen molar-refractivity contribution in [2.45, 2.75) is 0 Å². The highest BCUT2D eigenvalue weighted by molar-refractivity contribution is 7.27. The fraction of sp³-hybridized carbons (Fsp3) is 0. The Morgan fingerprint density at radius 1 is 0.255 bits per heavy atom. The fourth-order valence-corrected chi connectivity index (χ4v) is 18.3. The van der Waals surface area contributed by atoms with Crippen molar-refractivity contribution in [1.29, 1.82) is 0 Å². The SMILES string of the molecule is c1cc(-c2nc(-c3cccc4ccccc34)c3cccnc3n2)cc(-n2c3ccccc3c3c4ccccc4c4sc5ccccc5c4c32)c1.c1ccc(-c2cccc(-c3nc(-c4cccc(-n5c6ccccc6c6c7ccccc7c7sc8ccccc8c7c65)c4)nc4ncccc34)c2)cc1. The van der Waals surface area contributed by atoms with Crippen molar-refractivity contribution >= 4 is 161 Å². The molecule has 0 saturated carbocycles. The highest BCUT2D eigenvalue weighted by Gasteiger charge is 2.26. The molecule has 0 aliphatic heterocycles. The summed E-state index contributed by atoms with van der Waals surface area (Å²) in [5.74, 6) is 1.30. The normalized spacial score (nSPS) is 11.9. The van der Waals surface area contributed by atoms with Crippen molar-refractivity contribution < 1.29 is 0 Å². The first-order chi connectivity index (χ1) is 50.6. The van der Waals surface area contributed by atoms with Crippen LogP contribution in [0.1, 0.15) is 0 Å². The molecule has 8 nitrogen and oxygen atoms in total. The van der Waals surface area contributed by atoms with Gasteiger partial charge in [0.05, 0.1) is 33.5 Å². The summed E-state index contributed by atoms with van der Waals surface area (Å²) in [6.45, 7) is 0. The van der Waals surface area contributed by atoms with Gasteiger partial charge in [0.2, 0.25) is 0 Å². The van der Waals surface area contributed by atoms with E-state index in [1.165, 1.54) is 116 Å². The Bertz CT molecular complexity index is 7220. The lowest BCUT2D eigenvalue weighted by Gasteiger charge is -2.13. The van der Waals surface area contributed by atoms with Gasteiger partial charge in [-0.2, -0.15) is 0 Å². The molecule has 0 amide bonds. The van der Waals surface area contributed by atoms with Gasteiger partial charge in [-0.25, -0.2) is 29.9 Å². The Hall–Kier alpha value is -13.1. The van der Waals surface area contributed by atoms with Crippen LogP contribution in [0.3, 0.4) is 0 Å². The lowest BCUT2D eigenvalue weighted by molar-refractivity contribution is 1.16. The number of benzene rings is 14. The molecule has 0 bridgehead atoms. The molecular weight excluding hydrogens is 1280 g/mol. The summed E-state index contributed by atoms with van der Waals surface area (Å²) in [6.07, 6.45) is 3.61. The van der Waals surface area contributed by atoms with Gasteiger partial charge in [0.1, 0.15) is 0 Å². The third kappa shape index (κ3) is 9.06. The van der Waals surface area contributed by atoms with Gasteiger partial charge in [-0.1, -0.05) is 237 Å². The zero-order valence-electron chi connectivity index (χ0n) is 54.6. The number of aromatic nitrogens is 8. The lowest BCUT2D eigenvalue weighted by Crippen LogP contribution is -1.99. The molecule has 0 aliphatic rings. The Labute approximate surface area is 591 Å². The van der Waals surface area contributed by atoms with Crippen LogP contribution in [-0.4, -0.2) is 39.0 Å². The number of thiophene rings is 2. The van der Waals surface area contributed by atoms with Crippen LogP contribution >= 0.6 is 22.7 Å². The zero-order chi connectivity index (χ0) is 66.9. The van der Waals surface area contributed by atoms with E-state index >= 15 is 0 Å². The summed E-state index contributed by atoms with van der Waals surface area (Å²) in [5, 5.41) is 19.5. The van der Waals surface area contributed by atoms with Gasteiger partial charge in [0.25, 0.3) is 0 Å². The van der Waals surface area contributed by atoms with Crippen molar-refractivity contribution in [2.75, 3.05) is 0 Å². The first kappa shape index (κ1) is 57.9. The topological polar surface area (TPSA) is 87.2 Å². The molecule has 0 aliphatic carbocycles. The third-order valence-corrected chi connectivity index (χ3v) is 22.7. The van der Waals surface area contributed by atoms with Gasteiger partial charge >= 0.3 is 0 Å². The smallest absolute Gasteiger partial charge is 0.163 e. The molecule has 22 rings (SSSR count). The van der Waals surface area contributed by atoms with Crippen LogP contribution in [0.2, 0.25) is 0 Å². The van der Waals surface area contributed by atoms with Gasteiger partial charge < -0.3 is 9.13 Å². The third-order valence-electron chi connectivity index (χ3n) is 20.3. The van der Waals surface area contributed by atoms with Crippen molar-refractivity contribution in [3.05, 3.63) is 328 Å². The van der Waals surface area contributed by atoms with Crippen molar-refractivity contribution in [3.8, 4) is 67.8 Å². The van der Waals surface area contributed by atoms with E-state index in [9.17, 15) is 0 Å². The molecule has 22 aromatic rings. The van der Waals surface area contributed by atoms with E-state index in [2.05, 4.69) is 306 Å². The summed E-state index contributed by atoms with van der Waals surface area (Å²) in [7, 11) is 0. The van der Waals surface area contributed by atoms with Crippen LogP contribution in [0.4, 0.5) is 0 Å². The van der Waals surface area contributed by atoms with Gasteiger partial charge in [0.15, 0.2) is 22.9 Å².